The Bertz CT molecular complexity index is 867. The van der Waals surface area contributed by atoms with Gasteiger partial charge in [0.1, 0.15) is 17.5 Å². The molecule has 0 radical (unpaired) electrons. The first-order valence-electron chi connectivity index (χ1n) is 11.2. The molecule has 168 valence electrons. The Morgan fingerprint density at radius 1 is 1.26 bits per heavy atom. The van der Waals surface area contributed by atoms with Gasteiger partial charge in [-0.3, -0.25) is 14.4 Å². The van der Waals surface area contributed by atoms with E-state index in [0.717, 1.165) is 25.7 Å². The molecule has 2 fully saturated rings. The molecule has 0 bridgehead atoms. The van der Waals surface area contributed by atoms with Gasteiger partial charge < -0.3 is 25.0 Å². The molecule has 2 atom stereocenters. The van der Waals surface area contributed by atoms with Crippen LogP contribution >= 0.6 is 0 Å². The van der Waals surface area contributed by atoms with E-state index in [0.29, 0.717) is 36.4 Å². The average molecular weight is 430 g/mol. The summed E-state index contributed by atoms with van der Waals surface area (Å²) < 4.78 is 11.5. The summed E-state index contributed by atoms with van der Waals surface area (Å²) in [5.41, 5.74) is -0.528. The first-order chi connectivity index (χ1) is 14.9. The molecule has 31 heavy (non-hydrogen) atoms. The number of carbonyl (C=O) groups is 3. The molecule has 1 aromatic carbocycles. The summed E-state index contributed by atoms with van der Waals surface area (Å²) >= 11 is 0. The van der Waals surface area contributed by atoms with Crippen LogP contribution in [0, 0.1) is 0 Å². The van der Waals surface area contributed by atoms with Crippen molar-refractivity contribution in [2.24, 2.45) is 0 Å². The summed E-state index contributed by atoms with van der Waals surface area (Å²) in [6.07, 6.45) is 6.43. The van der Waals surface area contributed by atoms with Crippen LogP contribution in [0.25, 0.3) is 0 Å². The Morgan fingerprint density at radius 3 is 2.77 bits per heavy atom. The minimum Gasteiger partial charge on any atom is -0.497 e. The molecule has 4 rings (SSSR count). The molecular weight excluding hydrogens is 398 g/mol. The molecular formula is C23H31N3O5. The molecule has 1 aliphatic carbocycles. The summed E-state index contributed by atoms with van der Waals surface area (Å²) in [5, 5.41) is 6.07. The number of methoxy groups -OCH3 is 1. The summed E-state index contributed by atoms with van der Waals surface area (Å²) in [4.78, 5) is 40.0. The van der Waals surface area contributed by atoms with Gasteiger partial charge >= 0.3 is 0 Å². The first kappa shape index (κ1) is 21.5. The van der Waals surface area contributed by atoms with Gasteiger partial charge in [-0.05, 0) is 31.9 Å². The summed E-state index contributed by atoms with van der Waals surface area (Å²) in [7, 11) is 1.56. The highest BCUT2D eigenvalue weighted by atomic mass is 16.5. The molecule has 8 nitrogen and oxygen atoms in total. The van der Waals surface area contributed by atoms with E-state index in [9.17, 15) is 14.4 Å². The van der Waals surface area contributed by atoms with Crippen LogP contribution in [-0.2, 0) is 9.59 Å². The Hall–Kier alpha value is -2.77. The molecule has 3 amide bonds. The number of ether oxygens (including phenoxy) is 2. The van der Waals surface area contributed by atoms with Crippen LogP contribution in [0.3, 0.4) is 0 Å². The van der Waals surface area contributed by atoms with E-state index in [4.69, 9.17) is 9.47 Å². The second-order valence-electron chi connectivity index (χ2n) is 8.77. The van der Waals surface area contributed by atoms with Crippen molar-refractivity contribution in [2.75, 3.05) is 13.7 Å². The molecule has 1 aromatic rings. The zero-order valence-electron chi connectivity index (χ0n) is 18.2. The number of likely N-dealkylation sites (tertiary alicyclic amines) is 1. The van der Waals surface area contributed by atoms with Crippen LogP contribution in [0.2, 0.25) is 0 Å². The maximum absolute atomic E-state index is 12.9. The van der Waals surface area contributed by atoms with Crippen molar-refractivity contribution in [3.63, 3.8) is 0 Å². The maximum atomic E-state index is 12.9. The van der Waals surface area contributed by atoms with E-state index in [-0.39, 0.29) is 30.2 Å². The smallest absolute Gasteiger partial charge is 0.258 e. The highest BCUT2D eigenvalue weighted by Crippen LogP contribution is 2.36. The highest BCUT2D eigenvalue weighted by Gasteiger charge is 2.44. The summed E-state index contributed by atoms with van der Waals surface area (Å²) in [6, 6.07) is 4.72. The van der Waals surface area contributed by atoms with Crippen molar-refractivity contribution < 1.29 is 23.9 Å². The molecule has 2 heterocycles. The molecule has 0 aromatic heterocycles. The first-order valence-corrected chi connectivity index (χ1v) is 11.2. The van der Waals surface area contributed by atoms with Crippen LogP contribution in [-0.4, -0.2) is 54.1 Å². The number of amides is 3. The Morgan fingerprint density at radius 2 is 2.03 bits per heavy atom. The fraction of sp³-hybridized carbons (Fsp3) is 0.609. The van der Waals surface area contributed by atoms with Crippen molar-refractivity contribution in [1.29, 1.82) is 0 Å². The molecule has 2 N–H and O–H groups in total. The van der Waals surface area contributed by atoms with Crippen LogP contribution in [0.15, 0.2) is 18.2 Å². The predicted octanol–water partition coefficient (Wildman–Crippen LogP) is 2.36. The second kappa shape index (κ2) is 8.77. The molecule has 8 heteroatoms. The zero-order chi connectivity index (χ0) is 22.0. The number of hydrogen-bond acceptors (Lipinski definition) is 5. The molecule has 2 aliphatic heterocycles. The Labute approximate surface area is 182 Å². The third-order valence-corrected chi connectivity index (χ3v) is 6.70. The van der Waals surface area contributed by atoms with Crippen LogP contribution < -0.4 is 20.1 Å². The van der Waals surface area contributed by atoms with E-state index >= 15 is 0 Å². The van der Waals surface area contributed by atoms with Crippen molar-refractivity contribution in [1.82, 2.24) is 15.5 Å². The molecule has 1 saturated heterocycles. The minimum absolute atomic E-state index is 0.0996. The van der Waals surface area contributed by atoms with Crippen molar-refractivity contribution in [3.05, 3.63) is 23.8 Å². The number of hydrogen-bond donors (Lipinski definition) is 2. The SMILES string of the molecule is COc1ccc2c(c1)OC1(CCC(=O)N(C(C)C(=O)NC3CCCCC3)CC1)NC2=O. The van der Waals surface area contributed by atoms with E-state index in [1.165, 1.54) is 6.42 Å². The molecule has 2 unspecified atom stereocenters. The number of benzene rings is 1. The molecule has 1 spiro atoms. The standard InChI is InChI=1S/C23H31N3O5/c1-15(21(28)24-16-6-4-3-5-7-16)26-13-12-23(11-10-20(26)27)25-22(29)18-9-8-17(30-2)14-19(18)31-23/h8-9,14-16H,3-7,10-13H2,1-2H3,(H,24,28)(H,25,29). The predicted molar refractivity (Wildman–Crippen MR) is 114 cm³/mol. The van der Waals surface area contributed by atoms with Gasteiger partial charge in [0.15, 0.2) is 5.72 Å². The number of nitrogens with zero attached hydrogens (tertiary/aromatic N) is 1. The van der Waals surface area contributed by atoms with Crippen molar-refractivity contribution >= 4 is 17.7 Å². The minimum atomic E-state index is -0.972. The summed E-state index contributed by atoms with van der Waals surface area (Å²) in [5.74, 6) is 0.611. The lowest BCUT2D eigenvalue weighted by Gasteiger charge is -2.38. The van der Waals surface area contributed by atoms with Gasteiger partial charge in [0.2, 0.25) is 11.8 Å². The normalized spacial score (nSPS) is 25.2. The fourth-order valence-corrected chi connectivity index (χ4v) is 4.76. The lowest BCUT2D eigenvalue weighted by molar-refractivity contribution is -0.139. The third-order valence-electron chi connectivity index (χ3n) is 6.70. The monoisotopic (exact) mass is 429 g/mol. The number of fused-ring (bicyclic) bond motifs is 1. The zero-order valence-corrected chi connectivity index (χ0v) is 18.2. The molecule has 3 aliphatic rings. The van der Waals surface area contributed by atoms with Crippen LogP contribution in [0.4, 0.5) is 0 Å². The van der Waals surface area contributed by atoms with Crippen molar-refractivity contribution in [2.45, 2.75) is 76.1 Å². The average Bonchev–Trinajstić information content (AvgIpc) is 2.92. The van der Waals surface area contributed by atoms with Gasteiger partial charge in [-0.25, -0.2) is 0 Å². The van der Waals surface area contributed by atoms with Gasteiger partial charge in [0.05, 0.1) is 12.7 Å². The third kappa shape index (κ3) is 4.48. The fourth-order valence-electron chi connectivity index (χ4n) is 4.76. The quantitative estimate of drug-likeness (QED) is 0.766. The number of nitrogens with one attached hydrogen (secondary N) is 2. The van der Waals surface area contributed by atoms with Gasteiger partial charge in [0.25, 0.3) is 5.91 Å². The van der Waals surface area contributed by atoms with Crippen LogP contribution in [0.5, 0.6) is 11.5 Å². The summed E-state index contributed by atoms with van der Waals surface area (Å²) in [6.45, 7) is 2.10. The van der Waals surface area contributed by atoms with Crippen molar-refractivity contribution in [3.8, 4) is 11.5 Å². The lowest BCUT2D eigenvalue weighted by atomic mass is 9.95. The highest BCUT2D eigenvalue weighted by molar-refractivity contribution is 5.98. The Kier molecular flexibility index (Phi) is 6.07. The van der Waals surface area contributed by atoms with Gasteiger partial charge in [-0.1, -0.05) is 19.3 Å². The van der Waals surface area contributed by atoms with E-state index in [2.05, 4.69) is 10.6 Å². The van der Waals surface area contributed by atoms with Gasteiger partial charge in [0, 0.05) is 37.9 Å². The van der Waals surface area contributed by atoms with Crippen LogP contribution in [0.1, 0.15) is 68.6 Å². The number of rotatable bonds is 4. The topological polar surface area (TPSA) is 97.0 Å². The Balaban J connectivity index is 1.45. The van der Waals surface area contributed by atoms with E-state index < -0.39 is 11.8 Å². The van der Waals surface area contributed by atoms with Gasteiger partial charge in [-0.15, -0.1) is 0 Å². The number of carbonyl (C=O) groups excluding carboxylic acids is 3. The second-order valence-corrected chi connectivity index (χ2v) is 8.77. The maximum Gasteiger partial charge on any atom is 0.258 e. The van der Waals surface area contributed by atoms with E-state index in [1.54, 1.807) is 37.1 Å². The molecule has 1 saturated carbocycles. The lowest BCUT2D eigenvalue weighted by Crippen LogP contribution is -2.56. The largest absolute Gasteiger partial charge is 0.497 e. The van der Waals surface area contributed by atoms with Gasteiger partial charge in [-0.2, -0.15) is 0 Å². The van der Waals surface area contributed by atoms with E-state index in [1.807, 2.05) is 0 Å².